The summed E-state index contributed by atoms with van der Waals surface area (Å²) in [6.45, 7) is 2.12. The second kappa shape index (κ2) is 6.21. The van der Waals surface area contributed by atoms with Crippen molar-refractivity contribution in [3.63, 3.8) is 0 Å². The first-order valence-electron chi connectivity index (χ1n) is 5.34. The predicted molar refractivity (Wildman–Crippen MR) is 68.8 cm³/mol. The lowest BCUT2D eigenvalue weighted by Crippen LogP contribution is -2.18. The van der Waals surface area contributed by atoms with Crippen LogP contribution in [0.1, 0.15) is 13.3 Å². The average Bonchev–Trinajstić information content (AvgIpc) is 2.23. The summed E-state index contributed by atoms with van der Waals surface area (Å²) in [6, 6.07) is 4.20. The Kier molecular flexibility index (Phi) is 5.21. The fraction of sp³-hybridized carbons (Fsp3) is 0.455. The Labute approximate surface area is 106 Å². The van der Waals surface area contributed by atoms with Crippen molar-refractivity contribution in [3.05, 3.63) is 29.0 Å². The van der Waals surface area contributed by atoms with E-state index in [2.05, 4.69) is 5.32 Å². The molecule has 0 saturated carbocycles. The number of halogens is 2. The molecule has 1 rings (SSSR count). The molecule has 0 radical (unpaired) electrons. The SMILES string of the molecule is CCCS(=O)(=O)CCNc1ccc(F)c(Cl)c1. The molecule has 1 N–H and O–H groups in total. The van der Waals surface area contributed by atoms with Crippen molar-refractivity contribution in [1.29, 1.82) is 0 Å². The van der Waals surface area contributed by atoms with Crippen LogP contribution in [0.4, 0.5) is 10.1 Å². The van der Waals surface area contributed by atoms with E-state index in [-0.39, 0.29) is 16.5 Å². The van der Waals surface area contributed by atoms with E-state index in [9.17, 15) is 12.8 Å². The first-order chi connectivity index (χ1) is 7.94. The maximum atomic E-state index is 12.9. The molecule has 3 nitrogen and oxygen atoms in total. The molecular formula is C11H15ClFNO2S. The molecule has 0 unspecified atom stereocenters. The van der Waals surface area contributed by atoms with Crippen molar-refractivity contribution >= 4 is 27.1 Å². The van der Waals surface area contributed by atoms with E-state index >= 15 is 0 Å². The van der Waals surface area contributed by atoms with Gasteiger partial charge in [-0.15, -0.1) is 0 Å². The quantitative estimate of drug-likeness (QED) is 0.871. The van der Waals surface area contributed by atoms with Crippen molar-refractivity contribution in [2.45, 2.75) is 13.3 Å². The molecule has 96 valence electrons. The van der Waals surface area contributed by atoms with E-state index in [4.69, 9.17) is 11.6 Å². The number of rotatable bonds is 6. The Balaban J connectivity index is 2.49. The topological polar surface area (TPSA) is 46.2 Å². The van der Waals surface area contributed by atoms with Gasteiger partial charge in [0.2, 0.25) is 0 Å². The summed E-state index contributed by atoms with van der Waals surface area (Å²) in [7, 11) is -2.99. The van der Waals surface area contributed by atoms with Gasteiger partial charge < -0.3 is 5.32 Å². The highest BCUT2D eigenvalue weighted by Crippen LogP contribution is 2.19. The lowest BCUT2D eigenvalue weighted by Gasteiger charge is -2.07. The number of hydrogen-bond donors (Lipinski definition) is 1. The third-order valence-electron chi connectivity index (χ3n) is 2.18. The van der Waals surface area contributed by atoms with Crippen molar-refractivity contribution < 1.29 is 12.8 Å². The van der Waals surface area contributed by atoms with Crippen LogP contribution in [0.15, 0.2) is 18.2 Å². The van der Waals surface area contributed by atoms with Gasteiger partial charge >= 0.3 is 0 Å². The smallest absolute Gasteiger partial charge is 0.152 e. The number of anilines is 1. The molecule has 0 saturated heterocycles. The highest BCUT2D eigenvalue weighted by molar-refractivity contribution is 7.91. The van der Waals surface area contributed by atoms with E-state index in [0.29, 0.717) is 18.7 Å². The molecule has 0 aliphatic heterocycles. The lowest BCUT2D eigenvalue weighted by molar-refractivity contribution is 0.595. The van der Waals surface area contributed by atoms with Crippen molar-refractivity contribution in [2.24, 2.45) is 0 Å². The van der Waals surface area contributed by atoms with Crippen LogP contribution < -0.4 is 5.32 Å². The lowest BCUT2D eigenvalue weighted by atomic mass is 10.3. The average molecular weight is 280 g/mol. The van der Waals surface area contributed by atoms with Gasteiger partial charge in [0.25, 0.3) is 0 Å². The molecule has 1 aromatic rings. The largest absolute Gasteiger partial charge is 0.384 e. The number of sulfone groups is 1. The van der Waals surface area contributed by atoms with Gasteiger partial charge in [0.05, 0.1) is 10.8 Å². The Morgan fingerprint density at radius 1 is 1.35 bits per heavy atom. The second-order valence-corrected chi connectivity index (χ2v) is 6.42. The predicted octanol–water partition coefficient (Wildman–Crippen LogP) is 2.72. The van der Waals surface area contributed by atoms with E-state index < -0.39 is 15.7 Å². The molecule has 0 spiro atoms. The Morgan fingerprint density at radius 3 is 2.65 bits per heavy atom. The zero-order valence-corrected chi connectivity index (χ0v) is 11.1. The minimum Gasteiger partial charge on any atom is -0.384 e. The van der Waals surface area contributed by atoms with Crippen LogP contribution in [0.3, 0.4) is 0 Å². The summed E-state index contributed by atoms with van der Waals surface area (Å²) in [5, 5.41) is 2.92. The molecule has 0 heterocycles. The van der Waals surface area contributed by atoms with Crippen LogP contribution in [0.2, 0.25) is 5.02 Å². The maximum Gasteiger partial charge on any atom is 0.152 e. The van der Waals surface area contributed by atoms with Crippen LogP contribution in [0.5, 0.6) is 0 Å². The van der Waals surface area contributed by atoms with Crippen LogP contribution in [-0.2, 0) is 9.84 Å². The van der Waals surface area contributed by atoms with Crippen molar-refractivity contribution in [2.75, 3.05) is 23.4 Å². The fourth-order valence-corrected chi connectivity index (χ4v) is 2.79. The fourth-order valence-electron chi connectivity index (χ4n) is 1.37. The summed E-state index contributed by atoms with van der Waals surface area (Å²) in [5.74, 6) is -0.231. The third-order valence-corrected chi connectivity index (χ3v) is 4.32. The zero-order chi connectivity index (χ0) is 12.9. The monoisotopic (exact) mass is 279 g/mol. The van der Waals surface area contributed by atoms with Gasteiger partial charge in [0, 0.05) is 18.0 Å². The molecule has 0 fully saturated rings. The molecule has 0 amide bonds. The minimum atomic E-state index is -2.99. The first kappa shape index (κ1) is 14.3. The molecule has 0 aliphatic carbocycles. The molecule has 0 aliphatic rings. The Hall–Kier alpha value is -0.810. The van der Waals surface area contributed by atoms with Crippen LogP contribution in [0.25, 0.3) is 0 Å². The van der Waals surface area contributed by atoms with Crippen LogP contribution in [-0.4, -0.2) is 26.5 Å². The van der Waals surface area contributed by atoms with E-state index in [1.807, 2.05) is 6.92 Å². The summed E-state index contributed by atoms with van der Waals surface area (Å²) >= 11 is 5.60. The Bertz CT molecular complexity index is 476. The molecule has 0 bridgehead atoms. The van der Waals surface area contributed by atoms with Gasteiger partial charge in [0.15, 0.2) is 9.84 Å². The maximum absolute atomic E-state index is 12.9. The zero-order valence-electron chi connectivity index (χ0n) is 9.54. The summed E-state index contributed by atoms with van der Waals surface area (Å²) in [6.07, 6.45) is 0.616. The van der Waals surface area contributed by atoms with E-state index in [0.717, 1.165) is 0 Å². The number of nitrogens with one attached hydrogen (secondary N) is 1. The van der Waals surface area contributed by atoms with E-state index in [1.165, 1.54) is 18.2 Å². The number of hydrogen-bond acceptors (Lipinski definition) is 3. The van der Waals surface area contributed by atoms with Crippen LogP contribution in [0, 0.1) is 5.82 Å². The summed E-state index contributed by atoms with van der Waals surface area (Å²) in [4.78, 5) is 0. The summed E-state index contributed by atoms with van der Waals surface area (Å²) < 4.78 is 35.7. The van der Waals surface area contributed by atoms with Crippen LogP contribution >= 0.6 is 11.6 Å². The highest BCUT2D eigenvalue weighted by atomic mass is 35.5. The molecule has 0 aromatic heterocycles. The van der Waals surface area contributed by atoms with Gasteiger partial charge in [-0.25, -0.2) is 12.8 Å². The van der Waals surface area contributed by atoms with Crippen molar-refractivity contribution in [1.82, 2.24) is 0 Å². The Morgan fingerprint density at radius 2 is 2.06 bits per heavy atom. The van der Waals surface area contributed by atoms with Gasteiger partial charge in [-0.2, -0.15) is 0 Å². The molecule has 0 atom stereocenters. The number of benzene rings is 1. The standard InChI is InChI=1S/C11H15ClFNO2S/c1-2-6-17(15,16)7-5-14-9-3-4-11(13)10(12)8-9/h3-4,8,14H,2,5-7H2,1H3. The molecule has 6 heteroatoms. The third kappa shape index (κ3) is 4.91. The van der Waals surface area contributed by atoms with Crippen molar-refractivity contribution in [3.8, 4) is 0 Å². The van der Waals surface area contributed by atoms with E-state index in [1.54, 1.807) is 0 Å². The summed E-state index contributed by atoms with van der Waals surface area (Å²) in [5.41, 5.74) is 0.614. The molecule has 1 aromatic carbocycles. The second-order valence-electron chi connectivity index (χ2n) is 3.71. The van der Waals surface area contributed by atoms with Gasteiger partial charge in [0.1, 0.15) is 5.82 Å². The van der Waals surface area contributed by atoms with Gasteiger partial charge in [-0.3, -0.25) is 0 Å². The first-order valence-corrected chi connectivity index (χ1v) is 7.54. The van der Waals surface area contributed by atoms with Gasteiger partial charge in [-0.1, -0.05) is 18.5 Å². The van der Waals surface area contributed by atoms with Gasteiger partial charge in [-0.05, 0) is 24.6 Å². The normalized spacial score (nSPS) is 11.5. The highest BCUT2D eigenvalue weighted by Gasteiger charge is 2.08. The minimum absolute atomic E-state index is 0.0198. The molecular weight excluding hydrogens is 265 g/mol. The molecule has 17 heavy (non-hydrogen) atoms.